The van der Waals surface area contributed by atoms with Gasteiger partial charge in [0.05, 0.1) is 21.3 Å². The molecule has 0 amide bonds. The molecule has 0 saturated carbocycles. The summed E-state index contributed by atoms with van der Waals surface area (Å²) in [5.41, 5.74) is 9.89. The van der Waals surface area contributed by atoms with Gasteiger partial charge in [-0.2, -0.15) is 0 Å². The van der Waals surface area contributed by atoms with Crippen LogP contribution in [-0.4, -0.2) is 17.6 Å². The van der Waals surface area contributed by atoms with Gasteiger partial charge in [0.15, 0.2) is 8.07 Å². The van der Waals surface area contributed by atoms with Crippen LogP contribution in [0.3, 0.4) is 0 Å². The maximum atomic E-state index is 4.77. The first-order valence-electron chi connectivity index (χ1n) is 17.5. The summed E-state index contributed by atoms with van der Waals surface area (Å²) in [5.74, 6) is 0. The molecule has 2 nitrogen and oxygen atoms in total. The largest absolute Gasteiger partial charge is 0.309 e. The molecule has 1 aliphatic rings. The molecule has 10 aromatic rings. The summed E-state index contributed by atoms with van der Waals surface area (Å²) in [6.45, 7) is 0. The third-order valence-corrected chi connectivity index (χ3v) is 16.9. The molecule has 0 spiro atoms. The lowest BCUT2D eigenvalue weighted by atomic mass is 9.99. The van der Waals surface area contributed by atoms with Gasteiger partial charge in [-0.05, 0) is 91.5 Å². The van der Waals surface area contributed by atoms with E-state index < -0.39 is 8.07 Å². The zero-order valence-corrected chi connectivity index (χ0v) is 29.4. The van der Waals surface area contributed by atoms with Crippen molar-refractivity contribution < 1.29 is 0 Å². The third-order valence-electron chi connectivity index (χ3n) is 10.9. The quantitative estimate of drug-likeness (QED) is 0.169. The number of pyridine rings is 1. The number of rotatable bonds is 4. The highest BCUT2D eigenvalue weighted by molar-refractivity contribution is 7.25. The van der Waals surface area contributed by atoms with Crippen LogP contribution >= 0.6 is 11.3 Å². The number of aromatic nitrogens is 2. The first-order chi connectivity index (χ1) is 25.3. The van der Waals surface area contributed by atoms with Crippen LogP contribution in [0.4, 0.5) is 0 Å². The Morgan fingerprint density at radius 2 is 1.04 bits per heavy atom. The molecule has 0 saturated heterocycles. The lowest BCUT2D eigenvalue weighted by molar-refractivity contribution is 1.18. The zero-order chi connectivity index (χ0) is 33.5. The second kappa shape index (κ2) is 11.0. The molecule has 7 aromatic carbocycles. The van der Waals surface area contributed by atoms with Gasteiger partial charge in [-0.15, -0.1) is 11.3 Å². The van der Waals surface area contributed by atoms with Gasteiger partial charge in [0.2, 0.25) is 0 Å². The zero-order valence-electron chi connectivity index (χ0n) is 27.6. The Morgan fingerprint density at radius 3 is 1.75 bits per heavy atom. The Bertz CT molecular complexity index is 2880. The van der Waals surface area contributed by atoms with E-state index in [1.807, 2.05) is 23.6 Å². The number of hydrogen-bond acceptors (Lipinski definition) is 2. The fourth-order valence-electron chi connectivity index (χ4n) is 8.77. The van der Waals surface area contributed by atoms with Crippen molar-refractivity contribution in [2.45, 2.75) is 0 Å². The number of hydrogen-bond donors (Lipinski definition) is 0. The molecule has 4 heterocycles. The van der Waals surface area contributed by atoms with Gasteiger partial charge in [-0.1, -0.05) is 127 Å². The van der Waals surface area contributed by atoms with E-state index in [4.69, 9.17) is 4.98 Å². The lowest BCUT2D eigenvalue weighted by Crippen LogP contribution is -2.72. The van der Waals surface area contributed by atoms with Crippen molar-refractivity contribution >= 4 is 82.3 Å². The molecule has 11 rings (SSSR count). The predicted molar refractivity (Wildman–Crippen MR) is 220 cm³/mol. The maximum absolute atomic E-state index is 4.77. The summed E-state index contributed by atoms with van der Waals surface area (Å²) >= 11 is 1.82. The monoisotopic (exact) mass is 682 g/mol. The van der Waals surface area contributed by atoms with Gasteiger partial charge >= 0.3 is 0 Å². The van der Waals surface area contributed by atoms with Gasteiger partial charge < -0.3 is 4.57 Å². The van der Waals surface area contributed by atoms with Crippen LogP contribution in [0.15, 0.2) is 182 Å². The average Bonchev–Trinajstić information content (AvgIpc) is 3.84. The molecule has 1 aliphatic heterocycles. The molecule has 0 radical (unpaired) electrons. The maximum Gasteiger partial charge on any atom is 0.180 e. The molecule has 0 unspecified atom stereocenters. The van der Waals surface area contributed by atoms with E-state index in [1.54, 1.807) is 0 Å². The first kappa shape index (κ1) is 28.7. The minimum atomic E-state index is -2.78. The summed E-state index contributed by atoms with van der Waals surface area (Å²) in [5, 5.41) is 9.47. The fraction of sp³-hybridized carbons (Fsp3) is 0. The van der Waals surface area contributed by atoms with Crippen LogP contribution in [0.5, 0.6) is 0 Å². The number of para-hydroxylation sites is 2. The van der Waals surface area contributed by atoms with Crippen molar-refractivity contribution in [3.05, 3.63) is 182 Å². The smallest absolute Gasteiger partial charge is 0.180 e. The Kier molecular flexibility index (Phi) is 6.18. The molecule has 0 bridgehead atoms. The van der Waals surface area contributed by atoms with E-state index >= 15 is 0 Å². The fourth-order valence-corrected chi connectivity index (χ4v) is 15.1. The van der Waals surface area contributed by atoms with Crippen LogP contribution in [0.2, 0.25) is 0 Å². The average molecular weight is 683 g/mol. The second-order valence-corrected chi connectivity index (χ2v) is 18.3. The van der Waals surface area contributed by atoms with Gasteiger partial charge in [-0.25, -0.2) is 0 Å². The highest BCUT2D eigenvalue weighted by Gasteiger charge is 2.49. The molecule has 0 N–H and O–H groups in total. The van der Waals surface area contributed by atoms with Crippen molar-refractivity contribution in [3.8, 4) is 27.9 Å². The SMILES string of the molecule is c1ccc([Si]2(c3ccccc3)c3cc(-c4ccc5sc6cccnc6c5c4)ccc3-c3ccc(-n4c5ccccc5c5ccccc54)cc32)cc1. The number of thiophene rings is 1. The van der Waals surface area contributed by atoms with Gasteiger partial charge in [0.25, 0.3) is 0 Å². The first-order valence-corrected chi connectivity index (χ1v) is 20.3. The van der Waals surface area contributed by atoms with Gasteiger partial charge in [-0.3, -0.25) is 4.98 Å². The Balaban J connectivity index is 1.20. The standard InChI is InChI=1S/C47H30N2SSi/c1-3-12-34(13-4-1)51(35-14-5-2-6-15-35)45-29-32(31-22-26-43-40(28-31)47-44(50-43)20-11-27-48-47)21-24-38(45)39-25-23-33(30-46(39)51)49-41-18-9-7-16-36(41)37-17-8-10-19-42(37)49/h1-30H. The molecule has 3 aromatic heterocycles. The van der Waals surface area contributed by atoms with E-state index in [9.17, 15) is 0 Å². The van der Waals surface area contributed by atoms with E-state index in [2.05, 4.69) is 174 Å². The summed E-state index contributed by atoms with van der Waals surface area (Å²) in [6, 6.07) is 65.8. The third kappa shape index (κ3) is 4.06. The van der Waals surface area contributed by atoms with E-state index in [0.717, 1.165) is 5.52 Å². The van der Waals surface area contributed by atoms with Crippen molar-refractivity contribution in [1.82, 2.24) is 9.55 Å². The van der Waals surface area contributed by atoms with Crippen LogP contribution in [0, 0.1) is 0 Å². The number of fused-ring (bicyclic) bond motifs is 9. The minimum absolute atomic E-state index is 1.09. The molecule has 238 valence electrons. The minimum Gasteiger partial charge on any atom is -0.309 e. The topological polar surface area (TPSA) is 17.8 Å². The van der Waals surface area contributed by atoms with Crippen molar-refractivity contribution in [2.75, 3.05) is 0 Å². The Hall–Kier alpha value is -6.07. The van der Waals surface area contributed by atoms with E-state index in [0.29, 0.717) is 0 Å². The Morgan fingerprint density at radius 1 is 0.451 bits per heavy atom. The summed E-state index contributed by atoms with van der Waals surface area (Å²) in [4.78, 5) is 4.77. The van der Waals surface area contributed by atoms with Gasteiger partial charge in [0.1, 0.15) is 0 Å². The summed E-state index contributed by atoms with van der Waals surface area (Å²) in [6.07, 6.45) is 1.90. The molecule has 0 atom stereocenters. The number of benzene rings is 7. The lowest BCUT2D eigenvalue weighted by Gasteiger charge is -2.32. The predicted octanol–water partition coefficient (Wildman–Crippen LogP) is 9.57. The number of nitrogens with zero attached hydrogens (tertiary/aromatic N) is 2. The second-order valence-electron chi connectivity index (χ2n) is 13.5. The Labute approximate surface area is 300 Å². The van der Waals surface area contributed by atoms with Gasteiger partial charge in [0, 0.05) is 32.7 Å². The van der Waals surface area contributed by atoms with Crippen molar-refractivity contribution in [1.29, 1.82) is 0 Å². The summed E-state index contributed by atoms with van der Waals surface area (Å²) in [7, 11) is -2.78. The molecule has 51 heavy (non-hydrogen) atoms. The van der Waals surface area contributed by atoms with Crippen molar-refractivity contribution in [3.63, 3.8) is 0 Å². The normalized spacial score (nSPS) is 13.3. The van der Waals surface area contributed by atoms with Crippen LogP contribution in [0.1, 0.15) is 0 Å². The van der Waals surface area contributed by atoms with Crippen LogP contribution in [-0.2, 0) is 0 Å². The molecule has 0 aliphatic carbocycles. The highest BCUT2D eigenvalue weighted by Crippen LogP contribution is 2.38. The molecular weight excluding hydrogens is 653 g/mol. The molecule has 4 heteroatoms. The van der Waals surface area contributed by atoms with Crippen LogP contribution in [0.25, 0.3) is 70.0 Å². The molecule has 0 fully saturated rings. The molecular formula is C47H30N2SSi. The van der Waals surface area contributed by atoms with Crippen molar-refractivity contribution in [2.24, 2.45) is 0 Å². The van der Waals surface area contributed by atoms with E-state index in [-0.39, 0.29) is 0 Å². The summed E-state index contributed by atoms with van der Waals surface area (Å²) < 4.78 is 4.96. The van der Waals surface area contributed by atoms with E-state index in [1.165, 1.54) is 85.3 Å². The van der Waals surface area contributed by atoms with Crippen LogP contribution < -0.4 is 20.7 Å². The highest BCUT2D eigenvalue weighted by atomic mass is 32.1.